The number of hydrogen-bond acceptors (Lipinski definition) is 4. The third-order valence-corrected chi connectivity index (χ3v) is 5.93. The lowest BCUT2D eigenvalue weighted by atomic mass is 10.1. The predicted molar refractivity (Wildman–Crippen MR) is 126 cm³/mol. The van der Waals surface area contributed by atoms with Crippen LogP contribution in [-0.2, 0) is 6.54 Å². The van der Waals surface area contributed by atoms with Crippen molar-refractivity contribution in [2.45, 2.75) is 27.3 Å². The third-order valence-electron chi connectivity index (χ3n) is 5.60. The second kappa shape index (κ2) is 7.80. The summed E-state index contributed by atoms with van der Waals surface area (Å²) in [5.74, 6) is 1.08. The topological polar surface area (TPSA) is 65.8 Å². The summed E-state index contributed by atoms with van der Waals surface area (Å²) in [4.78, 5) is 17.8. The minimum absolute atomic E-state index is 0.117. The van der Waals surface area contributed by atoms with E-state index < -0.39 is 0 Å². The van der Waals surface area contributed by atoms with Crippen LogP contribution in [0.3, 0.4) is 0 Å². The summed E-state index contributed by atoms with van der Waals surface area (Å²) >= 11 is 6.33. The molecule has 6 nitrogen and oxygen atoms in total. The second-order valence-corrected chi connectivity index (χ2v) is 8.19. The summed E-state index contributed by atoms with van der Waals surface area (Å²) in [6.45, 7) is 6.00. The maximum atomic E-state index is 13.1. The van der Waals surface area contributed by atoms with Gasteiger partial charge in [0.1, 0.15) is 17.1 Å². The van der Waals surface area contributed by atoms with E-state index in [0.717, 1.165) is 33.5 Å². The fraction of sp³-hybridized carbons (Fsp3) is 0.160. The van der Waals surface area contributed by atoms with Crippen LogP contribution in [0.5, 0.6) is 0 Å². The lowest BCUT2D eigenvalue weighted by molar-refractivity contribution is 0.537. The monoisotopic (exact) mass is 444 g/mol. The molecule has 0 radical (unpaired) electrons. The molecule has 0 amide bonds. The maximum Gasteiger partial charge on any atom is 0.252 e. The van der Waals surface area contributed by atoms with Gasteiger partial charge in [0.25, 0.3) is 5.56 Å². The molecular formula is C25H21ClN4O2. The van der Waals surface area contributed by atoms with Crippen molar-refractivity contribution in [3.05, 3.63) is 98.8 Å². The minimum atomic E-state index is -0.117. The van der Waals surface area contributed by atoms with Crippen molar-refractivity contribution in [1.82, 2.24) is 19.3 Å². The smallest absolute Gasteiger partial charge is 0.252 e. The first-order valence-corrected chi connectivity index (χ1v) is 10.7. The number of para-hydroxylation sites is 1. The summed E-state index contributed by atoms with van der Waals surface area (Å²) in [5.41, 5.74) is 4.66. The minimum Gasteiger partial charge on any atom is -0.441 e. The molecule has 0 N–H and O–H groups in total. The van der Waals surface area contributed by atoms with E-state index in [1.165, 1.54) is 0 Å². The largest absolute Gasteiger partial charge is 0.441 e. The summed E-state index contributed by atoms with van der Waals surface area (Å²) in [7, 11) is 0. The Kier molecular flexibility index (Phi) is 4.94. The van der Waals surface area contributed by atoms with Crippen molar-refractivity contribution in [2.24, 2.45) is 0 Å². The van der Waals surface area contributed by atoms with Crippen LogP contribution in [0.2, 0.25) is 5.02 Å². The SMILES string of the molecule is Cc1oc(-c2ccccc2Cl)nc1Cn1c(=O)cc(C)c2c(C)nn(-c3ccccc3)c21. The first-order valence-electron chi connectivity index (χ1n) is 10.3. The number of aryl methyl sites for hydroxylation is 3. The number of halogens is 1. The average Bonchev–Trinajstić information content (AvgIpc) is 3.32. The van der Waals surface area contributed by atoms with Crippen molar-refractivity contribution in [3.8, 4) is 17.1 Å². The number of benzene rings is 2. The van der Waals surface area contributed by atoms with Gasteiger partial charge >= 0.3 is 0 Å². The number of fused-ring (bicyclic) bond motifs is 1. The van der Waals surface area contributed by atoms with E-state index in [2.05, 4.69) is 4.98 Å². The number of oxazole rings is 1. The molecular weight excluding hydrogens is 424 g/mol. The lowest BCUT2D eigenvalue weighted by Crippen LogP contribution is -2.23. The predicted octanol–water partition coefficient (Wildman–Crippen LogP) is 5.47. The fourth-order valence-corrected chi connectivity index (χ4v) is 4.26. The van der Waals surface area contributed by atoms with Gasteiger partial charge in [-0.3, -0.25) is 9.36 Å². The van der Waals surface area contributed by atoms with Gasteiger partial charge in [-0.2, -0.15) is 5.10 Å². The Balaban J connectivity index is 1.69. The van der Waals surface area contributed by atoms with Gasteiger partial charge in [-0.25, -0.2) is 9.67 Å². The molecule has 0 unspecified atom stereocenters. The first-order chi connectivity index (χ1) is 15.4. The molecule has 3 heterocycles. The second-order valence-electron chi connectivity index (χ2n) is 7.78. The molecule has 0 saturated carbocycles. The number of rotatable bonds is 4. The van der Waals surface area contributed by atoms with Crippen LogP contribution in [0.15, 0.2) is 69.9 Å². The highest BCUT2D eigenvalue weighted by atomic mass is 35.5. The molecule has 0 saturated heterocycles. The molecule has 0 atom stereocenters. The van der Waals surface area contributed by atoms with Gasteiger partial charge in [-0.05, 0) is 50.6 Å². The van der Waals surface area contributed by atoms with E-state index in [1.54, 1.807) is 16.7 Å². The molecule has 160 valence electrons. The third kappa shape index (κ3) is 3.33. The molecule has 3 aromatic heterocycles. The van der Waals surface area contributed by atoms with E-state index in [-0.39, 0.29) is 12.1 Å². The average molecular weight is 445 g/mol. The lowest BCUT2D eigenvalue weighted by Gasteiger charge is -2.11. The van der Waals surface area contributed by atoms with Crippen LogP contribution in [0.25, 0.3) is 28.2 Å². The van der Waals surface area contributed by atoms with Gasteiger partial charge in [-0.15, -0.1) is 0 Å². The van der Waals surface area contributed by atoms with Crippen LogP contribution >= 0.6 is 11.6 Å². The number of pyridine rings is 1. The molecule has 0 bridgehead atoms. The maximum absolute atomic E-state index is 13.1. The highest BCUT2D eigenvalue weighted by molar-refractivity contribution is 6.33. The Morgan fingerprint density at radius 2 is 1.72 bits per heavy atom. The number of nitrogens with zero attached hydrogens (tertiary/aromatic N) is 4. The van der Waals surface area contributed by atoms with E-state index in [0.29, 0.717) is 22.4 Å². The van der Waals surface area contributed by atoms with Crippen molar-refractivity contribution in [2.75, 3.05) is 0 Å². The summed E-state index contributed by atoms with van der Waals surface area (Å²) in [5, 5.41) is 6.27. The highest BCUT2D eigenvalue weighted by Crippen LogP contribution is 2.29. The van der Waals surface area contributed by atoms with Crippen LogP contribution < -0.4 is 5.56 Å². The van der Waals surface area contributed by atoms with Gasteiger partial charge in [0, 0.05) is 11.5 Å². The highest BCUT2D eigenvalue weighted by Gasteiger charge is 2.20. The quantitative estimate of drug-likeness (QED) is 0.368. The molecule has 5 aromatic rings. The summed E-state index contributed by atoms with van der Waals surface area (Å²) < 4.78 is 9.44. The molecule has 0 fully saturated rings. The Labute approximate surface area is 189 Å². The number of aromatic nitrogens is 4. The molecule has 5 rings (SSSR count). The Bertz CT molecular complexity index is 1510. The zero-order valence-electron chi connectivity index (χ0n) is 18.0. The van der Waals surface area contributed by atoms with Crippen LogP contribution in [0, 0.1) is 20.8 Å². The Morgan fingerprint density at radius 3 is 2.47 bits per heavy atom. The van der Waals surface area contributed by atoms with E-state index in [4.69, 9.17) is 21.1 Å². The zero-order valence-corrected chi connectivity index (χ0v) is 18.7. The van der Waals surface area contributed by atoms with Gasteiger partial charge in [0.2, 0.25) is 5.89 Å². The van der Waals surface area contributed by atoms with Crippen LogP contribution in [0.4, 0.5) is 0 Å². The van der Waals surface area contributed by atoms with Gasteiger partial charge in [0.05, 0.1) is 28.5 Å². The van der Waals surface area contributed by atoms with Crippen molar-refractivity contribution >= 4 is 22.6 Å². The van der Waals surface area contributed by atoms with Crippen molar-refractivity contribution in [1.29, 1.82) is 0 Å². The molecule has 0 aliphatic rings. The Hall–Kier alpha value is -3.64. The van der Waals surface area contributed by atoms with E-state index in [1.807, 2.05) is 74.0 Å². The Morgan fingerprint density at radius 1 is 1.00 bits per heavy atom. The zero-order chi connectivity index (χ0) is 22.4. The molecule has 0 aliphatic heterocycles. The first kappa shape index (κ1) is 20.3. The van der Waals surface area contributed by atoms with Gasteiger partial charge in [-0.1, -0.05) is 41.9 Å². The van der Waals surface area contributed by atoms with Crippen LogP contribution in [0.1, 0.15) is 22.7 Å². The molecule has 7 heteroatoms. The van der Waals surface area contributed by atoms with Crippen molar-refractivity contribution < 1.29 is 4.42 Å². The molecule has 0 aliphatic carbocycles. The molecule has 32 heavy (non-hydrogen) atoms. The number of hydrogen-bond donors (Lipinski definition) is 0. The molecule has 0 spiro atoms. The van der Waals surface area contributed by atoms with E-state index in [9.17, 15) is 4.79 Å². The van der Waals surface area contributed by atoms with E-state index >= 15 is 0 Å². The van der Waals surface area contributed by atoms with Gasteiger partial charge < -0.3 is 4.42 Å². The van der Waals surface area contributed by atoms with Gasteiger partial charge in [0.15, 0.2) is 0 Å². The molecule has 2 aromatic carbocycles. The normalized spacial score (nSPS) is 11.4. The summed E-state index contributed by atoms with van der Waals surface area (Å²) in [6.07, 6.45) is 0. The van der Waals surface area contributed by atoms with Crippen molar-refractivity contribution in [3.63, 3.8) is 0 Å². The van der Waals surface area contributed by atoms with Crippen LogP contribution in [-0.4, -0.2) is 19.3 Å². The fourth-order valence-electron chi connectivity index (χ4n) is 4.04. The standard InChI is InChI=1S/C25H21ClN4O2/c1-15-13-22(31)29(25-23(15)16(2)28-30(25)18-9-5-4-6-10-18)14-21-17(3)32-24(27-21)19-11-7-8-12-20(19)26/h4-13H,14H2,1-3H3. The summed E-state index contributed by atoms with van der Waals surface area (Å²) in [6, 6.07) is 18.9.